The van der Waals surface area contributed by atoms with E-state index in [2.05, 4.69) is 4.18 Å². The van der Waals surface area contributed by atoms with E-state index >= 15 is 0 Å². The number of rotatable bonds is 4. The van der Waals surface area contributed by atoms with Crippen LogP contribution < -0.4 is 0 Å². The molecular weight excluding hydrogens is 301 g/mol. The van der Waals surface area contributed by atoms with Crippen molar-refractivity contribution >= 4 is 16.1 Å². The minimum Gasteiger partial charge on any atom is -0.465 e. The molecule has 1 atom stereocenters. The summed E-state index contributed by atoms with van der Waals surface area (Å²) in [6.07, 6.45) is 2.20. The molecule has 0 aromatic heterocycles. The zero-order valence-corrected chi connectivity index (χ0v) is 11.8. The first-order valence-electron chi connectivity index (χ1n) is 5.93. The minimum absolute atomic E-state index is 0.0354. The summed E-state index contributed by atoms with van der Waals surface area (Å²) in [6.45, 7) is 2.89. The van der Waals surface area contributed by atoms with E-state index in [4.69, 9.17) is 4.74 Å². The molecule has 9 heteroatoms. The Hall–Kier alpha value is -1.25. The van der Waals surface area contributed by atoms with Crippen LogP contribution in [0.3, 0.4) is 0 Å². The van der Waals surface area contributed by atoms with Crippen LogP contribution in [-0.4, -0.2) is 26.5 Å². The third-order valence-corrected chi connectivity index (χ3v) is 3.93. The van der Waals surface area contributed by atoms with E-state index in [0.29, 0.717) is 12.8 Å². The third kappa shape index (κ3) is 3.25. The van der Waals surface area contributed by atoms with Crippen LogP contribution in [0.25, 0.3) is 0 Å². The topological polar surface area (TPSA) is 69.7 Å². The molecule has 0 radical (unpaired) electrons. The molecule has 1 aliphatic carbocycles. The lowest BCUT2D eigenvalue weighted by atomic mass is 9.79. The van der Waals surface area contributed by atoms with Crippen molar-refractivity contribution in [3.63, 3.8) is 0 Å². The normalized spacial score (nSPS) is 23.9. The Morgan fingerprint density at radius 1 is 1.45 bits per heavy atom. The van der Waals surface area contributed by atoms with Crippen LogP contribution in [0.2, 0.25) is 0 Å². The van der Waals surface area contributed by atoms with E-state index in [1.807, 2.05) is 0 Å². The maximum Gasteiger partial charge on any atom is 0.534 e. The minimum atomic E-state index is -5.79. The van der Waals surface area contributed by atoms with Gasteiger partial charge in [-0.1, -0.05) is 0 Å². The van der Waals surface area contributed by atoms with Gasteiger partial charge in [0, 0.05) is 0 Å². The second-order valence-electron chi connectivity index (χ2n) is 4.50. The van der Waals surface area contributed by atoms with Crippen LogP contribution in [0.5, 0.6) is 0 Å². The van der Waals surface area contributed by atoms with Crippen LogP contribution >= 0.6 is 0 Å². The van der Waals surface area contributed by atoms with Crippen LogP contribution in [-0.2, 0) is 23.8 Å². The van der Waals surface area contributed by atoms with E-state index in [-0.39, 0.29) is 13.0 Å². The summed E-state index contributed by atoms with van der Waals surface area (Å²) in [4.78, 5) is 11.8. The zero-order valence-electron chi connectivity index (χ0n) is 11.0. The summed E-state index contributed by atoms with van der Waals surface area (Å²) in [5.41, 5.74) is -7.06. The average molecular weight is 316 g/mol. The Bertz CT molecular complexity index is 509. The number of hydrogen-bond acceptors (Lipinski definition) is 5. The monoisotopic (exact) mass is 316 g/mol. The van der Waals surface area contributed by atoms with Gasteiger partial charge < -0.3 is 8.92 Å². The number of allylic oxidation sites excluding steroid dienone is 1. The molecule has 0 aliphatic heterocycles. The SMILES string of the molecule is CCOC(=O)[C@]1(C)CCCC=C1OS(=O)(=O)C(F)(F)F. The lowest BCUT2D eigenvalue weighted by Gasteiger charge is -2.31. The van der Waals surface area contributed by atoms with Crippen molar-refractivity contribution in [2.75, 3.05) is 6.61 Å². The molecule has 5 nitrogen and oxygen atoms in total. The predicted octanol–water partition coefficient (Wildman–Crippen LogP) is 2.49. The van der Waals surface area contributed by atoms with Gasteiger partial charge in [-0.2, -0.15) is 21.6 Å². The van der Waals surface area contributed by atoms with E-state index in [9.17, 15) is 26.4 Å². The van der Waals surface area contributed by atoms with Crippen LogP contribution in [0.1, 0.15) is 33.1 Å². The van der Waals surface area contributed by atoms with Crippen molar-refractivity contribution in [1.29, 1.82) is 0 Å². The van der Waals surface area contributed by atoms with Gasteiger partial charge in [-0.15, -0.1) is 0 Å². The van der Waals surface area contributed by atoms with Crippen LogP contribution in [0, 0.1) is 5.41 Å². The maximum atomic E-state index is 12.3. The Labute approximate surface area is 114 Å². The Kier molecular flexibility index (Phi) is 4.73. The summed E-state index contributed by atoms with van der Waals surface area (Å²) in [6, 6.07) is 0. The van der Waals surface area contributed by atoms with E-state index in [0.717, 1.165) is 0 Å². The molecule has 0 bridgehead atoms. The molecule has 0 N–H and O–H groups in total. The van der Waals surface area contributed by atoms with Gasteiger partial charge in [-0.25, -0.2) is 0 Å². The quantitative estimate of drug-likeness (QED) is 0.453. The standard InChI is InChI=1S/C11H15F3O5S/c1-3-18-9(15)10(2)7-5-4-6-8(10)19-20(16,17)11(12,13)14/h6H,3-5,7H2,1-2H3/t10-/m1/s1. The molecular formula is C11H15F3O5S. The van der Waals surface area contributed by atoms with Gasteiger partial charge in [0.1, 0.15) is 11.2 Å². The highest BCUT2D eigenvalue weighted by atomic mass is 32.2. The fraction of sp³-hybridized carbons (Fsp3) is 0.727. The molecule has 0 saturated heterocycles. The molecule has 0 saturated carbocycles. The largest absolute Gasteiger partial charge is 0.534 e. The third-order valence-electron chi connectivity index (χ3n) is 2.96. The van der Waals surface area contributed by atoms with E-state index in [1.54, 1.807) is 6.92 Å². The highest BCUT2D eigenvalue weighted by Crippen LogP contribution is 2.41. The first-order valence-corrected chi connectivity index (χ1v) is 7.34. The van der Waals surface area contributed by atoms with Gasteiger partial charge >= 0.3 is 21.6 Å². The highest BCUT2D eigenvalue weighted by molar-refractivity contribution is 7.87. The molecule has 0 spiro atoms. The van der Waals surface area contributed by atoms with Gasteiger partial charge in [0.25, 0.3) is 0 Å². The second-order valence-corrected chi connectivity index (χ2v) is 6.03. The van der Waals surface area contributed by atoms with E-state index in [1.165, 1.54) is 13.0 Å². The van der Waals surface area contributed by atoms with Crippen molar-refractivity contribution in [3.05, 3.63) is 11.8 Å². The highest BCUT2D eigenvalue weighted by Gasteiger charge is 2.52. The zero-order chi connectivity index (χ0) is 15.6. The Morgan fingerprint density at radius 3 is 2.55 bits per heavy atom. The summed E-state index contributed by atoms with van der Waals surface area (Å²) >= 11 is 0. The Balaban J connectivity index is 3.08. The number of ether oxygens (including phenoxy) is 1. The number of hydrogen-bond donors (Lipinski definition) is 0. The van der Waals surface area contributed by atoms with Crippen molar-refractivity contribution < 1.29 is 35.3 Å². The summed E-state index contributed by atoms with van der Waals surface area (Å²) in [5, 5.41) is 0. The van der Waals surface area contributed by atoms with Crippen molar-refractivity contribution in [3.8, 4) is 0 Å². The van der Waals surface area contributed by atoms with Gasteiger partial charge in [-0.05, 0) is 39.2 Å². The first kappa shape index (κ1) is 16.8. The molecule has 1 rings (SSSR count). The molecule has 0 fully saturated rings. The molecule has 1 aliphatic rings. The number of carbonyl (C=O) groups excluding carboxylic acids is 1. The average Bonchev–Trinajstić information content (AvgIpc) is 2.31. The van der Waals surface area contributed by atoms with Gasteiger partial charge in [0.15, 0.2) is 0 Å². The molecule has 0 aromatic rings. The molecule has 0 unspecified atom stereocenters. The Morgan fingerprint density at radius 2 is 2.05 bits per heavy atom. The van der Waals surface area contributed by atoms with Gasteiger partial charge in [0.2, 0.25) is 0 Å². The van der Waals surface area contributed by atoms with Crippen LogP contribution in [0.4, 0.5) is 13.2 Å². The number of alkyl halides is 3. The smallest absolute Gasteiger partial charge is 0.465 e. The molecule has 0 heterocycles. The van der Waals surface area contributed by atoms with Crippen molar-refractivity contribution in [1.82, 2.24) is 0 Å². The summed E-state index contributed by atoms with van der Waals surface area (Å²) in [5.74, 6) is -1.33. The maximum absolute atomic E-state index is 12.3. The first-order chi connectivity index (χ1) is 9.04. The van der Waals surface area contributed by atoms with Crippen molar-refractivity contribution in [2.24, 2.45) is 5.41 Å². The molecule has 20 heavy (non-hydrogen) atoms. The number of halogens is 3. The molecule has 116 valence electrons. The number of esters is 1. The fourth-order valence-electron chi connectivity index (χ4n) is 1.82. The van der Waals surface area contributed by atoms with E-state index < -0.39 is 32.8 Å². The predicted molar refractivity (Wildman–Crippen MR) is 62.7 cm³/mol. The van der Waals surface area contributed by atoms with Gasteiger partial charge in [0.05, 0.1) is 6.61 Å². The lowest BCUT2D eigenvalue weighted by Crippen LogP contribution is -2.37. The number of carbonyl (C=O) groups is 1. The second kappa shape index (κ2) is 5.63. The molecule has 0 aromatic carbocycles. The van der Waals surface area contributed by atoms with Crippen LogP contribution in [0.15, 0.2) is 11.8 Å². The summed E-state index contributed by atoms with van der Waals surface area (Å²) in [7, 11) is -5.79. The molecule has 0 amide bonds. The fourth-order valence-corrected chi connectivity index (χ4v) is 2.40. The summed E-state index contributed by atoms with van der Waals surface area (Å²) < 4.78 is 68.0. The lowest BCUT2D eigenvalue weighted by molar-refractivity contribution is -0.154. The van der Waals surface area contributed by atoms with Crippen molar-refractivity contribution in [2.45, 2.75) is 38.6 Å². The van der Waals surface area contributed by atoms with Gasteiger partial charge in [-0.3, -0.25) is 4.79 Å².